The Bertz CT molecular complexity index is 633. The fraction of sp³-hybridized carbons (Fsp3) is 0.500. The van der Waals surface area contributed by atoms with Gasteiger partial charge in [-0.1, -0.05) is 48.0 Å². The first kappa shape index (κ1) is 17.6. The van der Waals surface area contributed by atoms with Gasteiger partial charge in [0.05, 0.1) is 17.3 Å². The minimum atomic E-state index is -1.12. The normalized spacial score (nSPS) is 22.4. The van der Waals surface area contributed by atoms with E-state index in [1.54, 1.807) is 19.1 Å². The number of amides is 1. The van der Waals surface area contributed by atoms with Crippen molar-refractivity contribution >= 4 is 33.2 Å². The molecule has 1 amide bonds. The second kappa shape index (κ2) is 6.78. The molecule has 1 aromatic carbocycles. The van der Waals surface area contributed by atoms with Gasteiger partial charge in [0.2, 0.25) is 6.54 Å². The van der Waals surface area contributed by atoms with Crippen LogP contribution in [0.25, 0.3) is 0 Å². The van der Waals surface area contributed by atoms with Crippen molar-refractivity contribution in [3.63, 3.8) is 0 Å². The van der Waals surface area contributed by atoms with Crippen molar-refractivity contribution < 1.29 is 9.72 Å². The lowest BCUT2D eigenvalue weighted by Gasteiger charge is -2.29. The maximum atomic E-state index is 13.0. The van der Waals surface area contributed by atoms with E-state index < -0.39 is 10.2 Å². The summed E-state index contributed by atoms with van der Waals surface area (Å²) in [7, 11) is 0. The van der Waals surface area contributed by atoms with E-state index in [1.807, 2.05) is 32.0 Å². The van der Waals surface area contributed by atoms with Gasteiger partial charge in [0.25, 0.3) is 5.91 Å². The number of rotatable bonds is 6. The highest BCUT2D eigenvalue weighted by molar-refractivity contribution is 9.10. The van der Waals surface area contributed by atoms with Gasteiger partial charge in [-0.25, -0.2) is 0 Å². The number of para-hydroxylation sites is 1. The van der Waals surface area contributed by atoms with Gasteiger partial charge in [-0.2, -0.15) is 10.1 Å². The van der Waals surface area contributed by atoms with Crippen LogP contribution in [-0.4, -0.2) is 27.4 Å². The molecule has 0 aromatic heterocycles. The highest BCUT2D eigenvalue weighted by Crippen LogP contribution is 2.41. The molecule has 124 valence electrons. The number of hydrogen-bond donors (Lipinski definition) is 0. The molecule has 0 fully saturated rings. The van der Waals surface area contributed by atoms with Gasteiger partial charge in [0.1, 0.15) is 0 Å². The van der Waals surface area contributed by atoms with Crippen LogP contribution in [0.15, 0.2) is 35.4 Å². The molecule has 0 bridgehead atoms. The van der Waals surface area contributed by atoms with Crippen LogP contribution < -0.4 is 5.01 Å². The molecule has 0 saturated heterocycles. The van der Waals surface area contributed by atoms with Crippen LogP contribution in [0.5, 0.6) is 0 Å². The van der Waals surface area contributed by atoms with Gasteiger partial charge in [-0.3, -0.25) is 14.9 Å². The predicted octanol–water partition coefficient (Wildman–Crippen LogP) is 3.48. The second-order valence-corrected chi connectivity index (χ2v) is 7.44. The maximum absolute atomic E-state index is 13.0. The highest BCUT2D eigenvalue weighted by atomic mass is 79.9. The lowest BCUT2D eigenvalue weighted by molar-refractivity contribution is -0.488. The lowest BCUT2D eigenvalue weighted by Crippen LogP contribution is -2.49. The Hall–Kier alpha value is -1.76. The summed E-state index contributed by atoms with van der Waals surface area (Å²) in [6.45, 7) is 5.45. The standard InChI is InChI=1S/C16H20BrN3O3/c1-11(2)9-13(10-19(22)23)16(17)12(3)18-20(15(16)21)14-7-5-4-6-8-14/h4-8,11,13H,9-10H2,1-3H3/t13-,16+/m1/s1. The molecular weight excluding hydrogens is 362 g/mol. The molecule has 1 heterocycles. The molecule has 6 nitrogen and oxygen atoms in total. The first-order chi connectivity index (χ1) is 10.8. The number of anilines is 1. The molecule has 1 aliphatic heterocycles. The van der Waals surface area contributed by atoms with Crippen LogP contribution in [0, 0.1) is 22.0 Å². The minimum absolute atomic E-state index is 0.237. The summed E-state index contributed by atoms with van der Waals surface area (Å²) in [6.07, 6.45) is 0.563. The molecule has 2 atom stereocenters. The zero-order valence-corrected chi connectivity index (χ0v) is 15.0. The van der Waals surface area contributed by atoms with Crippen molar-refractivity contribution in [2.24, 2.45) is 16.9 Å². The van der Waals surface area contributed by atoms with Gasteiger partial charge in [-0.05, 0) is 31.4 Å². The van der Waals surface area contributed by atoms with Crippen molar-refractivity contribution in [1.29, 1.82) is 0 Å². The van der Waals surface area contributed by atoms with Crippen molar-refractivity contribution in [3.05, 3.63) is 40.4 Å². The van der Waals surface area contributed by atoms with Crippen LogP contribution in [0.4, 0.5) is 5.69 Å². The molecular formula is C16H20BrN3O3. The number of hydrogen-bond acceptors (Lipinski definition) is 4. The summed E-state index contributed by atoms with van der Waals surface area (Å²) >= 11 is 3.51. The van der Waals surface area contributed by atoms with Crippen molar-refractivity contribution in [2.75, 3.05) is 11.6 Å². The molecule has 7 heteroatoms. The fourth-order valence-electron chi connectivity index (χ4n) is 2.90. The largest absolute Gasteiger partial charge is 0.270 e. The molecule has 1 aromatic rings. The third-order valence-corrected chi connectivity index (χ3v) is 5.53. The summed E-state index contributed by atoms with van der Waals surface area (Å²) < 4.78 is -1.12. The number of nitrogens with zero attached hydrogens (tertiary/aromatic N) is 3. The molecule has 0 N–H and O–H groups in total. The number of benzene rings is 1. The predicted molar refractivity (Wildman–Crippen MR) is 93.5 cm³/mol. The zero-order valence-electron chi connectivity index (χ0n) is 13.4. The molecule has 23 heavy (non-hydrogen) atoms. The van der Waals surface area contributed by atoms with E-state index in [1.165, 1.54) is 5.01 Å². The summed E-state index contributed by atoms with van der Waals surface area (Å²) in [4.78, 5) is 23.7. The average molecular weight is 382 g/mol. The SMILES string of the molecule is CC1=NN(c2ccccc2)C(=O)[C@@]1(Br)[C@H](CC(C)C)C[N+](=O)[O-]. The molecule has 0 unspecified atom stereocenters. The number of carbonyl (C=O) groups is 1. The quantitative estimate of drug-likeness (QED) is 0.429. The number of hydrazone groups is 1. The van der Waals surface area contributed by atoms with Crippen molar-refractivity contribution in [3.8, 4) is 0 Å². The maximum Gasteiger partial charge on any atom is 0.270 e. The van der Waals surface area contributed by atoms with E-state index in [0.29, 0.717) is 17.8 Å². The van der Waals surface area contributed by atoms with Crippen LogP contribution in [0.1, 0.15) is 27.2 Å². The summed E-state index contributed by atoms with van der Waals surface area (Å²) in [5.41, 5.74) is 1.21. The number of halogens is 1. The van der Waals surface area contributed by atoms with Crippen LogP contribution in [0.2, 0.25) is 0 Å². The Labute approximate surface area is 143 Å². The molecule has 2 rings (SSSR count). The second-order valence-electron chi connectivity index (χ2n) is 6.19. The van der Waals surface area contributed by atoms with E-state index in [2.05, 4.69) is 21.0 Å². The monoisotopic (exact) mass is 381 g/mol. The Balaban J connectivity index is 2.38. The van der Waals surface area contributed by atoms with E-state index in [-0.39, 0.29) is 23.3 Å². The van der Waals surface area contributed by atoms with Crippen LogP contribution >= 0.6 is 15.9 Å². The Morgan fingerprint density at radius 1 is 1.35 bits per heavy atom. The van der Waals surface area contributed by atoms with Gasteiger partial charge < -0.3 is 0 Å². The zero-order chi connectivity index (χ0) is 17.2. The fourth-order valence-corrected chi connectivity index (χ4v) is 3.48. The first-order valence-electron chi connectivity index (χ1n) is 7.52. The summed E-state index contributed by atoms with van der Waals surface area (Å²) in [5, 5.41) is 16.8. The number of carbonyl (C=O) groups excluding carboxylic acids is 1. The highest BCUT2D eigenvalue weighted by Gasteiger charge is 2.54. The summed E-state index contributed by atoms with van der Waals surface area (Å²) in [6, 6.07) is 9.09. The first-order valence-corrected chi connectivity index (χ1v) is 8.32. The van der Waals surface area contributed by atoms with E-state index in [9.17, 15) is 14.9 Å². The lowest BCUT2D eigenvalue weighted by atomic mass is 9.82. The minimum Gasteiger partial charge on any atom is -0.270 e. The van der Waals surface area contributed by atoms with E-state index in [4.69, 9.17) is 0 Å². The smallest absolute Gasteiger partial charge is 0.270 e. The van der Waals surface area contributed by atoms with Gasteiger partial charge in [0.15, 0.2) is 4.32 Å². The van der Waals surface area contributed by atoms with Crippen molar-refractivity contribution in [2.45, 2.75) is 31.5 Å². The van der Waals surface area contributed by atoms with Gasteiger partial charge >= 0.3 is 0 Å². The topological polar surface area (TPSA) is 75.8 Å². The summed E-state index contributed by atoms with van der Waals surface area (Å²) in [5.74, 6) is -0.489. The molecule has 0 radical (unpaired) electrons. The Morgan fingerprint density at radius 2 is 1.96 bits per heavy atom. The van der Waals surface area contributed by atoms with E-state index >= 15 is 0 Å². The average Bonchev–Trinajstić information content (AvgIpc) is 2.72. The van der Waals surface area contributed by atoms with Gasteiger partial charge in [0, 0.05) is 4.92 Å². The molecule has 0 aliphatic carbocycles. The van der Waals surface area contributed by atoms with Gasteiger partial charge in [-0.15, -0.1) is 0 Å². The number of nitro groups is 1. The Morgan fingerprint density at radius 3 is 2.48 bits per heavy atom. The van der Waals surface area contributed by atoms with Crippen LogP contribution in [-0.2, 0) is 4.79 Å². The Kier molecular flexibility index (Phi) is 5.19. The number of alkyl halides is 1. The molecule has 0 spiro atoms. The molecule has 1 aliphatic rings. The van der Waals surface area contributed by atoms with Crippen LogP contribution in [0.3, 0.4) is 0 Å². The van der Waals surface area contributed by atoms with Crippen molar-refractivity contribution in [1.82, 2.24) is 0 Å². The van der Waals surface area contributed by atoms with E-state index in [0.717, 1.165) is 0 Å². The third-order valence-electron chi connectivity index (χ3n) is 3.97. The molecule has 0 saturated carbocycles. The third kappa shape index (κ3) is 3.44.